The van der Waals surface area contributed by atoms with Crippen LogP contribution < -0.4 is 0 Å². The zero-order chi connectivity index (χ0) is 9.97. The highest BCUT2D eigenvalue weighted by atomic mass is 35.5. The molecule has 0 atom stereocenters. The summed E-state index contributed by atoms with van der Waals surface area (Å²) in [5.74, 6) is 0.0663. The van der Waals surface area contributed by atoms with Gasteiger partial charge in [0, 0.05) is 19.3 Å². The van der Waals surface area contributed by atoms with Crippen LogP contribution in [0.15, 0.2) is 12.3 Å². The number of carbonyl (C=O) groups is 1. The number of piperidine rings is 1. The molecular weight excluding hydrogens is 200 g/mol. The fraction of sp³-hybridized carbons (Fsp3) is 0.500. The number of rotatable bonds is 1. The molecule has 0 radical (unpaired) electrons. The van der Waals surface area contributed by atoms with E-state index in [1.54, 1.807) is 12.3 Å². The minimum Gasteiger partial charge on any atom is -0.356 e. The fourth-order valence-corrected chi connectivity index (χ4v) is 1.92. The molecule has 0 bridgehead atoms. The molecule has 1 aliphatic heterocycles. The Bertz CT molecular complexity index is 329. The van der Waals surface area contributed by atoms with Gasteiger partial charge in [0.25, 0.3) is 5.91 Å². The fourth-order valence-electron chi connectivity index (χ4n) is 1.76. The molecule has 76 valence electrons. The second kappa shape index (κ2) is 4.05. The molecule has 1 fully saturated rings. The average Bonchev–Trinajstić information content (AvgIpc) is 2.65. The van der Waals surface area contributed by atoms with Gasteiger partial charge in [0.15, 0.2) is 0 Å². The number of hydrogen-bond acceptors (Lipinski definition) is 1. The first-order valence-electron chi connectivity index (χ1n) is 4.90. The molecule has 1 aromatic rings. The van der Waals surface area contributed by atoms with Crippen molar-refractivity contribution in [2.24, 2.45) is 0 Å². The number of hydrogen-bond donors (Lipinski definition) is 1. The topological polar surface area (TPSA) is 36.1 Å². The van der Waals surface area contributed by atoms with Crippen LogP contribution in [0.2, 0.25) is 5.02 Å². The number of carbonyl (C=O) groups excluding carboxylic acids is 1. The Morgan fingerprint density at radius 3 is 2.64 bits per heavy atom. The molecule has 0 saturated carbocycles. The summed E-state index contributed by atoms with van der Waals surface area (Å²) < 4.78 is 0. The van der Waals surface area contributed by atoms with Gasteiger partial charge >= 0.3 is 0 Å². The molecule has 1 aromatic heterocycles. The van der Waals surface area contributed by atoms with E-state index in [0.717, 1.165) is 25.9 Å². The predicted octanol–water partition coefficient (Wildman–Crippen LogP) is 2.29. The van der Waals surface area contributed by atoms with Crippen LogP contribution >= 0.6 is 11.6 Å². The maximum Gasteiger partial charge on any atom is 0.270 e. The molecule has 14 heavy (non-hydrogen) atoms. The van der Waals surface area contributed by atoms with Crippen LogP contribution in [0.4, 0.5) is 0 Å². The van der Waals surface area contributed by atoms with Crippen LogP contribution in [-0.4, -0.2) is 28.9 Å². The first-order chi connectivity index (χ1) is 6.77. The average molecular weight is 213 g/mol. The summed E-state index contributed by atoms with van der Waals surface area (Å²) in [7, 11) is 0. The summed E-state index contributed by atoms with van der Waals surface area (Å²) in [4.78, 5) is 16.6. The third-order valence-corrected chi connectivity index (χ3v) is 2.74. The van der Waals surface area contributed by atoms with Gasteiger partial charge in [-0.05, 0) is 25.3 Å². The summed E-state index contributed by atoms with van der Waals surface area (Å²) >= 11 is 5.74. The number of amides is 1. The molecule has 0 spiro atoms. The Labute approximate surface area is 88.0 Å². The quantitative estimate of drug-likeness (QED) is 0.762. The molecule has 0 aromatic carbocycles. The second-order valence-electron chi connectivity index (χ2n) is 3.58. The number of likely N-dealkylation sites (tertiary alicyclic amines) is 1. The Morgan fingerprint density at radius 2 is 2.07 bits per heavy atom. The first-order valence-corrected chi connectivity index (χ1v) is 5.28. The number of nitrogens with zero attached hydrogens (tertiary/aromatic N) is 1. The summed E-state index contributed by atoms with van der Waals surface area (Å²) in [5.41, 5.74) is 0.594. The highest BCUT2D eigenvalue weighted by molar-refractivity contribution is 6.30. The molecule has 1 saturated heterocycles. The van der Waals surface area contributed by atoms with Crippen molar-refractivity contribution < 1.29 is 4.79 Å². The van der Waals surface area contributed by atoms with E-state index in [1.807, 2.05) is 4.90 Å². The number of halogens is 1. The minimum absolute atomic E-state index is 0.0663. The van der Waals surface area contributed by atoms with Gasteiger partial charge in [-0.25, -0.2) is 0 Å². The Morgan fingerprint density at radius 1 is 1.36 bits per heavy atom. The van der Waals surface area contributed by atoms with Gasteiger partial charge in [-0.15, -0.1) is 0 Å². The zero-order valence-corrected chi connectivity index (χ0v) is 8.68. The van der Waals surface area contributed by atoms with E-state index in [-0.39, 0.29) is 5.91 Å². The molecule has 2 heterocycles. The standard InChI is InChI=1S/C10H13ClN2O/c11-8-6-9(12-7-8)10(14)13-4-2-1-3-5-13/h6-7,12H,1-5H2. The Kier molecular flexibility index (Phi) is 2.77. The lowest BCUT2D eigenvalue weighted by atomic mass is 10.1. The van der Waals surface area contributed by atoms with E-state index >= 15 is 0 Å². The summed E-state index contributed by atoms with van der Waals surface area (Å²) in [6.45, 7) is 1.74. The van der Waals surface area contributed by atoms with Crippen LogP contribution in [0.3, 0.4) is 0 Å². The smallest absolute Gasteiger partial charge is 0.270 e. The second-order valence-corrected chi connectivity index (χ2v) is 4.02. The van der Waals surface area contributed by atoms with E-state index in [1.165, 1.54) is 6.42 Å². The number of nitrogens with one attached hydrogen (secondary N) is 1. The van der Waals surface area contributed by atoms with E-state index < -0.39 is 0 Å². The van der Waals surface area contributed by atoms with Crippen molar-refractivity contribution in [3.63, 3.8) is 0 Å². The molecule has 4 heteroatoms. The van der Waals surface area contributed by atoms with Crippen molar-refractivity contribution in [3.8, 4) is 0 Å². The third kappa shape index (κ3) is 1.93. The van der Waals surface area contributed by atoms with Gasteiger partial charge in [0.2, 0.25) is 0 Å². The van der Waals surface area contributed by atoms with Crippen LogP contribution in [-0.2, 0) is 0 Å². The molecule has 2 rings (SSSR count). The summed E-state index contributed by atoms with van der Waals surface area (Å²) in [6, 6.07) is 1.68. The van der Waals surface area contributed by atoms with Crippen LogP contribution in [0.1, 0.15) is 29.8 Å². The lowest BCUT2D eigenvalue weighted by Gasteiger charge is -2.26. The lowest BCUT2D eigenvalue weighted by Crippen LogP contribution is -2.35. The highest BCUT2D eigenvalue weighted by Gasteiger charge is 2.18. The normalized spacial score (nSPS) is 17.1. The Balaban J connectivity index is 2.07. The lowest BCUT2D eigenvalue weighted by molar-refractivity contribution is 0.0719. The number of H-pyrrole nitrogens is 1. The summed E-state index contributed by atoms with van der Waals surface area (Å²) in [5, 5.41) is 0.588. The number of aromatic amines is 1. The minimum atomic E-state index is 0.0663. The van der Waals surface area contributed by atoms with Gasteiger partial charge in [-0.1, -0.05) is 11.6 Å². The maximum absolute atomic E-state index is 11.8. The van der Waals surface area contributed by atoms with Crippen molar-refractivity contribution >= 4 is 17.5 Å². The van der Waals surface area contributed by atoms with Crippen LogP contribution in [0, 0.1) is 0 Å². The SMILES string of the molecule is O=C(c1cc(Cl)c[nH]1)N1CCCCC1. The van der Waals surface area contributed by atoms with Gasteiger partial charge in [0.1, 0.15) is 5.69 Å². The van der Waals surface area contributed by atoms with Crippen molar-refractivity contribution in [3.05, 3.63) is 23.0 Å². The maximum atomic E-state index is 11.8. The molecule has 1 amide bonds. The zero-order valence-electron chi connectivity index (χ0n) is 7.92. The van der Waals surface area contributed by atoms with Gasteiger partial charge < -0.3 is 9.88 Å². The van der Waals surface area contributed by atoms with Crippen molar-refractivity contribution in [1.82, 2.24) is 9.88 Å². The highest BCUT2D eigenvalue weighted by Crippen LogP contribution is 2.15. The van der Waals surface area contributed by atoms with E-state index in [2.05, 4.69) is 4.98 Å². The van der Waals surface area contributed by atoms with Crippen molar-refractivity contribution in [2.75, 3.05) is 13.1 Å². The molecule has 0 unspecified atom stereocenters. The molecule has 1 aliphatic rings. The molecular formula is C10H13ClN2O. The van der Waals surface area contributed by atoms with Crippen LogP contribution in [0.5, 0.6) is 0 Å². The number of aromatic nitrogens is 1. The van der Waals surface area contributed by atoms with Gasteiger partial charge in [-0.3, -0.25) is 4.79 Å². The van der Waals surface area contributed by atoms with Gasteiger partial charge in [-0.2, -0.15) is 0 Å². The largest absolute Gasteiger partial charge is 0.356 e. The molecule has 1 N–H and O–H groups in total. The van der Waals surface area contributed by atoms with Gasteiger partial charge in [0.05, 0.1) is 5.02 Å². The molecule has 0 aliphatic carbocycles. The van der Waals surface area contributed by atoms with Crippen molar-refractivity contribution in [1.29, 1.82) is 0 Å². The third-order valence-electron chi connectivity index (χ3n) is 2.52. The van der Waals surface area contributed by atoms with E-state index in [4.69, 9.17) is 11.6 Å². The van der Waals surface area contributed by atoms with Crippen molar-refractivity contribution in [2.45, 2.75) is 19.3 Å². The monoisotopic (exact) mass is 212 g/mol. The Hall–Kier alpha value is -0.960. The van der Waals surface area contributed by atoms with Crippen LogP contribution in [0.25, 0.3) is 0 Å². The predicted molar refractivity (Wildman–Crippen MR) is 55.6 cm³/mol. The first kappa shape index (κ1) is 9.59. The van der Waals surface area contributed by atoms with E-state index in [0.29, 0.717) is 10.7 Å². The summed E-state index contributed by atoms with van der Waals surface area (Å²) in [6.07, 6.45) is 5.09. The molecule has 3 nitrogen and oxygen atoms in total. The van der Waals surface area contributed by atoms with E-state index in [9.17, 15) is 4.79 Å².